The van der Waals surface area contributed by atoms with E-state index < -0.39 is 5.97 Å². The van der Waals surface area contributed by atoms with Gasteiger partial charge in [-0.25, -0.2) is 4.79 Å². The Balaban J connectivity index is 2.02. The lowest BCUT2D eigenvalue weighted by molar-refractivity contribution is 0.0698. The number of likely N-dealkylation sites (tertiary alicyclic amines) is 1. The molecule has 106 valence electrons. The molecule has 0 radical (unpaired) electrons. The summed E-state index contributed by atoms with van der Waals surface area (Å²) in [6, 6.07) is 6.87. The first-order chi connectivity index (χ1) is 9.61. The van der Waals surface area contributed by atoms with E-state index in [1.54, 1.807) is 18.2 Å². The number of carbonyl (C=O) groups is 1. The summed E-state index contributed by atoms with van der Waals surface area (Å²) < 4.78 is 0. The van der Waals surface area contributed by atoms with Crippen LogP contribution >= 0.6 is 0 Å². The molecule has 1 saturated heterocycles. The van der Waals surface area contributed by atoms with Crippen molar-refractivity contribution >= 4 is 11.7 Å². The predicted molar refractivity (Wildman–Crippen MR) is 80.7 cm³/mol. The molecule has 1 aliphatic rings. The zero-order valence-electron chi connectivity index (χ0n) is 11.5. The minimum atomic E-state index is -0.939. The normalized spacial score (nSPS) is 15.7. The summed E-state index contributed by atoms with van der Waals surface area (Å²) in [6.07, 6.45) is 4.13. The average Bonchev–Trinajstić information content (AvgIpc) is 2.47. The van der Waals surface area contributed by atoms with Crippen LogP contribution in [-0.4, -0.2) is 29.1 Å². The molecular weight excluding hydrogens is 252 g/mol. The third kappa shape index (κ3) is 3.20. The first-order valence-corrected chi connectivity index (χ1v) is 6.77. The second kappa shape index (κ2) is 6.28. The number of nitrogens with zero attached hydrogens (tertiary/aromatic N) is 1. The van der Waals surface area contributed by atoms with Gasteiger partial charge in [-0.1, -0.05) is 24.8 Å². The van der Waals surface area contributed by atoms with Gasteiger partial charge in [0.25, 0.3) is 0 Å². The lowest BCUT2D eigenvalue weighted by Gasteiger charge is -2.34. The molecule has 0 bridgehead atoms. The fourth-order valence-corrected chi connectivity index (χ4v) is 2.42. The Morgan fingerprint density at radius 3 is 2.60 bits per heavy atom. The standard InChI is InChI=1S/C16H20N2O2/c1-3-13-8-10-18(11-9-13)12(2)17-15-7-5-4-6-14(15)16(19)20/h3-7,13,17H,1-2,8-11H2,(H,19,20). The van der Waals surface area contributed by atoms with Gasteiger partial charge in [-0.15, -0.1) is 6.58 Å². The molecule has 0 aromatic heterocycles. The molecule has 0 spiro atoms. The molecule has 1 aromatic carbocycles. The quantitative estimate of drug-likeness (QED) is 0.808. The van der Waals surface area contributed by atoms with Gasteiger partial charge in [-0.2, -0.15) is 0 Å². The SMILES string of the molecule is C=CC1CCN(C(=C)Nc2ccccc2C(=O)O)CC1. The van der Waals surface area contributed by atoms with E-state index in [4.69, 9.17) is 5.11 Å². The van der Waals surface area contributed by atoms with Crippen LogP contribution in [0.4, 0.5) is 5.69 Å². The molecule has 0 atom stereocenters. The van der Waals surface area contributed by atoms with Crippen molar-refractivity contribution in [3.63, 3.8) is 0 Å². The van der Waals surface area contributed by atoms with E-state index in [2.05, 4.69) is 23.4 Å². The summed E-state index contributed by atoms with van der Waals surface area (Å²) in [5.74, 6) is 0.387. The van der Waals surface area contributed by atoms with E-state index in [1.807, 2.05) is 12.1 Å². The van der Waals surface area contributed by atoms with Crippen LogP contribution in [0.2, 0.25) is 0 Å². The molecular formula is C16H20N2O2. The Bertz CT molecular complexity index is 517. The van der Waals surface area contributed by atoms with Crippen LogP contribution in [0.25, 0.3) is 0 Å². The monoisotopic (exact) mass is 272 g/mol. The number of para-hydroxylation sites is 1. The average molecular weight is 272 g/mol. The molecule has 1 aliphatic heterocycles. The van der Waals surface area contributed by atoms with Crippen LogP contribution in [0.1, 0.15) is 23.2 Å². The smallest absolute Gasteiger partial charge is 0.337 e. The number of nitrogens with one attached hydrogen (secondary N) is 1. The van der Waals surface area contributed by atoms with Crippen molar-refractivity contribution in [2.45, 2.75) is 12.8 Å². The van der Waals surface area contributed by atoms with Crippen molar-refractivity contribution in [1.82, 2.24) is 4.90 Å². The topological polar surface area (TPSA) is 52.6 Å². The first-order valence-electron chi connectivity index (χ1n) is 6.77. The molecule has 4 nitrogen and oxygen atoms in total. The van der Waals surface area contributed by atoms with Gasteiger partial charge in [-0.3, -0.25) is 0 Å². The molecule has 1 heterocycles. The van der Waals surface area contributed by atoms with Crippen molar-refractivity contribution in [3.8, 4) is 0 Å². The van der Waals surface area contributed by atoms with Gasteiger partial charge in [0, 0.05) is 13.1 Å². The van der Waals surface area contributed by atoms with Gasteiger partial charge in [0.1, 0.15) is 0 Å². The van der Waals surface area contributed by atoms with E-state index >= 15 is 0 Å². The summed E-state index contributed by atoms with van der Waals surface area (Å²) >= 11 is 0. The van der Waals surface area contributed by atoms with E-state index in [-0.39, 0.29) is 5.56 Å². The van der Waals surface area contributed by atoms with Gasteiger partial charge in [-0.05, 0) is 30.9 Å². The van der Waals surface area contributed by atoms with Gasteiger partial charge >= 0.3 is 5.97 Å². The van der Waals surface area contributed by atoms with Gasteiger partial charge in [0.05, 0.1) is 17.1 Å². The highest BCUT2D eigenvalue weighted by atomic mass is 16.4. The van der Waals surface area contributed by atoms with Crippen molar-refractivity contribution in [2.24, 2.45) is 5.92 Å². The van der Waals surface area contributed by atoms with E-state index in [1.165, 1.54) is 0 Å². The third-order valence-electron chi connectivity index (χ3n) is 3.69. The lowest BCUT2D eigenvalue weighted by atomic mass is 9.97. The summed E-state index contributed by atoms with van der Waals surface area (Å²) in [4.78, 5) is 13.3. The summed E-state index contributed by atoms with van der Waals surface area (Å²) in [7, 11) is 0. The maximum Gasteiger partial charge on any atom is 0.337 e. The maximum absolute atomic E-state index is 11.2. The molecule has 20 heavy (non-hydrogen) atoms. The third-order valence-corrected chi connectivity index (χ3v) is 3.69. The zero-order chi connectivity index (χ0) is 14.5. The fourth-order valence-electron chi connectivity index (χ4n) is 2.42. The highest BCUT2D eigenvalue weighted by Gasteiger charge is 2.18. The lowest BCUT2D eigenvalue weighted by Crippen LogP contribution is -2.34. The van der Waals surface area contributed by atoms with E-state index in [9.17, 15) is 4.79 Å². The molecule has 4 heteroatoms. The van der Waals surface area contributed by atoms with Crippen LogP contribution < -0.4 is 5.32 Å². The molecule has 0 unspecified atom stereocenters. The Morgan fingerprint density at radius 1 is 1.35 bits per heavy atom. The molecule has 2 N–H and O–H groups in total. The first kappa shape index (κ1) is 14.2. The van der Waals surface area contributed by atoms with E-state index in [0.29, 0.717) is 11.6 Å². The summed E-state index contributed by atoms with van der Waals surface area (Å²) in [5.41, 5.74) is 0.838. The highest BCUT2D eigenvalue weighted by Crippen LogP contribution is 2.23. The zero-order valence-corrected chi connectivity index (χ0v) is 11.5. The van der Waals surface area contributed by atoms with Crippen LogP contribution in [0.3, 0.4) is 0 Å². The van der Waals surface area contributed by atoms with Gasteiger partial charge < -0.3 is 15.3 Å². The van der Waals surface area contributed by atoms with Crippen LogP contribution in [-0.2, 0) is 0 Å². The second-order valence-corrected chi connectivity index (χ2v) is 4.98. The molecule has 2 rings (SSSR count). The van der Waals surface area contributed by atoms with Gasteiger partial charge in [0.15, 0.2) is 0 Å². The Morgan fingerprint density at radius 2 is 2.00 bits per heavy atom. The number of aromatic carboxylic acids is 1. The van der Waals surface area contributed by atoms with Crippen molar-refractivity contribution in [1.29, 1.82) is 0 Å². The minimum absolute atomic E-state index is 0.259. The number of benzene rings is 1. The number of carboxylic acids is 1. The van der Waals surface area contributed by atoms with Crippen molar-refractivity contribution in [2.75, 3.05) is 18.4 Å². The number of anilines is 1. The Labute approximate surface area is 119 Å². The Kier molecular flexibility index (Phi) is 4.45. The number of carboxylic acid groups (broad SMARTS) is 1. The van der Waals surface area contributed by atoms with Crippen LogP contribution in [0, 0.1) is 5.92 Å². The predicted octanol–water partition coefficient (Wildman–Crippen LogP) is 3.17. The van der Waals surface area contributed by atoms with E-state index in [0.717, 1.165) is 31.8 Å². The Hall–Kier alpha value is -2.23. The number of allylic oxidation sites excluding steroid dienone is 1. The number of piperidine rings is 1. The molecule has 0 saturated carbocycles. The van der Waals surface area contributed by atoms with Crippen LogP contribution in [0.5, 0.6) is 0 Å². The number of hydrogen-bond donors (Lipinski definition) is 2. The molecule has 1 aromatic rings. The molecule has 0 amide bonds. The molecule has 0 aliphatic carbocycles. The van der Waals surface area contributed by atoms with Crippen molar-refractivity contribution in [3.05, 3.63) is 54.9 Å². The highest BCUT2D eigenvalue weighted by molar-refractivity contribution is 5.94. The van der Waals surface area contributed by atoms with Crippen molar-refractivity contribution < 1.29 is 9.90 Å². The molecule has 1 fully saturated rings. The number of rotatable bonds is 5. The summed E-state index contributed by atoms with van der Waals surface area (Å²) in [5, 5.41) is 12.3. The largest absolute Gasteiger partial charge is 0.478 e. The summed E-state index contributed by atoms with van der Waals surface area (Å²) in [6.45, 7) is 9.68. The fraction of sp³-hybridized carbons (Fsp3) is 0.312. The van der Waals surface area contributed by atoms with Gasteiger partial charge in [0.2, 0.25) is 0 Å². The maximum atomic E-state index is 11.2. The van der Waals surface area contributed by atoms with Crippen LogP contribution in [0.15, 0.2) is 49.3 Å². The minimum Gasteiger partial charge on any atom is -0.478 e. The second-order valence-electron chi connectivity index (χ2n) is 4.98. The number of hydrogen-bond acceptors (Lipinski definition) is 3.